The lowest BCUT2D eigenvalue weighted by Gasteiger charge is -2.32. The number of hydrogen-bond donors (Lipinski definition) is 2. The van der Waals surface area contributed by atoms with E-state index in [0.717, 1.165) is 36.2 Å². The van der Waals surface area contributed by atoms with Gasteiger partial charge in [0.25, 0.3) is 0 Å². The van der Waals surface area contributed by atoms with Gasteiger partial charge in [-0.3, -0.25) is 4.79 Å². The van der Waals surface area contributed by atoms with E-state index in [9.17, 15) is 4.79 Å². The number of piperidine rings is 1. The van der Waals surface area contributed by atoms with E-state index in [2.05, 4.69) is 20.3 Å². The number of fused-ring (bicyclic) bond motifs is 1. The minimum absolute atomic E-state index is 0.0819. The van der Waals surface area contributed by atoms with Gasteiger partial charge in [-0.2, -0.15) is 0 Å². The van der Waals surface area contributed by atoms with E-state index in [0.29, 0.717) is 6.54 Å². The van der Waals surface area contributed by atoms with Crippen molar-refractivity contribution in [2.45, 2.75) is 25.8 Å². The maximum Gasteiger partial charge on any atom is 0.246 e. The molecule has 1 amide bonds. The molecule has 0 spiro atoms. The second kappa shape index (κ2) is 5.95. The van der Waals surface area contributed by atoms with Crippen molar-refractivity contribution in [3.05, 3.63) is 30.7 Å². The molecule has 6 heteroatoms. The van der Waals surface area contributed by atoms with Crippen molar-refractivity contribution in [2.24, 2.45) is 0 Å². The van der Waals surface area contributed by atoms with Crippen LogP contribution in [0.25, 0.3) is 11.0 Å². The van der Waals surface area contributed by atoms with Crippen LogP contribution >= 0.6 is 0 Å². The van der Waals surface area contributed by atoms with Crippen LogP contribution in [0.1, 0.15) is 19.8 Å². The standard InChI is InChI=1S/C15H19N5O/c1-2-4-13(21)20-8-3-5-11(9-20)19-15-12-6-7-16-14(12)17-10-18-15/h2,4,6-7,10-11H,3,5,8-9H2,1H3,(H2,16,17,18,19)/b4-2-/t11-/m1/s1. The summed E-state index contributed by atoms with van der Waals surface area (Å²) in [6.07, 6.45) is 8.85. The topological polar surface area (TPSA) is 73.9 Å². The molecular formula is C15H19N5O. The van der Waals surface area contributed by atoms with Gasteiger partial charge in [0.2, 0.25) is 5.91 Å². The molecule has 3 rings (SSSR count). The summed E-state index contributed by atoms with van der Waals surface area (Å²) < 4.78 is 0. The minimum Gasteiger partial charge on any atom is -0.365 e. The van der Waals surface area contributed by atoms with E-state index >= 15 is 0 Å². The zero-order chi connectivity index (χ0) is 14.7. The molecule has 0 aliphatic carbocycles. The number of hydrogen-bond acceptors (Lipinski definition) is 4. The maximum atomic E-state index is 11.9. The molecule has 3 heterocycles. The first kappa shape index (κ1) is 13.6. The van der Waals surface area contributed by atoms with Crippen LogP contribution in [0, 0.1) is 0 Å². The monoisotopic (exact) mass is 285 g/mol. The van der Waals surface area contributed by atoms with Crippen molar-refractivity contribution in [1.29, 1.82) is 0 Å². The highest BCUT2D eigenvalue weighted by Gasteiger charge is 2.23. The molecule has 0 bridgehead atoms. The molecule has 1 aliphatic rings. The van der Waals surface area contributed by atoms with E-state index in [1.165, 1.54) is 0 Å². The van der Waals surface area contributed by atoms with E-state index in [1.807, 2.05) is 24.1 Å². The molecule has 0 aromatic carbocycles. The number of H-pyrrole nitrogens is 1. The number of aromatic nitrogens is 3. The van der Waals surface area contributed by atoms with Gasteiger partial charge >= 0.3 is 0 Å². The fourth-order valence-electron chi connectivity index (χ4n) is 2.72. The molecule has 1 fully saturated rings. The van der Waals surface area contributed by atoms with Crippen molar-refractivity contribution in [1.82, 2.24) is 19.9 Å². The summed E-state index contributed by atoms with van der Waals surface area (Å²) in [5, 5.41) is 4.43. The van der Waals surface area contributed by atoms with Gasteiger partial charge in [-0.15, -0.1) is 0 Å². The highest BCUT2D eigenvalue weighted by Crippen LogP contribution is 2.21. The molecule has 110 valence electrons. The molecule has 1 atom stereocenters. The lowest BCUT2D eigenvalue weighted by Crippen LogP contribution is -2.44. The number of aromatic amines is 1. The SMILES string of the molecule is C/C=C\C(=O)N1CCC[C@@H](Nc2ncnc3[nH]ccc23)C1. The number of anilines is 1. The summed E-state index contributed by atoms with van der Waals surface area (Å²) in [4.78, 5) is 25.4. The van der Waals surface area contributed by atoms with Crippen LogP contribution in [0.4, 0.5) is 5.82 Å². The van der Waals surface area contributed by atoms with Crippen LogP contribution in [-0.2, 0) is 4.79 Å². The van der Waals surface area contributed by atoms with Crippen molar-refractivity contribution >= 4 is 22.8 Å². The molecule has 1 saturated heterocycles. The Morgan fingerprint density at radius 2 is 2.43 bits per heavy atom. The Morgan fingerprint density at radius 1 is 1.52 bits per heavy atom. The molecule has 2 N–H and O–H groups in total. The Labute approximate surface area is 123 Å². The smallest absolute Gasteiger partial charge is 0.246 e. The lowest BCUT2D eigenvalue weighted by atomic mass is 10.1. The molecule has 0 radical (unpaired) electrons. The lowest BCUT2D eigenvalue weighted by molar-refractivity contribution is -0.127. The Morgan fingerprint density at radius 3 is 3.29 bits per heavy atom. The average Bonchev–Trinajstić information content (AvgIpc) is 2.97. The molecule has 2 aromatic rings. The van der Waals surface area contributed by atoms with Crippen molar-refractivity contribution in [3.8, 4) is 0 Å². The predicted octanol–water partition coefficient (Wildman–Crippen LogP) is 1.94. The summed E-state index contributed by atoms with van der Waals surface area (Å²) in [5.74, 6) is 0.907. The zero-order valence-electron chi connectivity index (χ0n) is 12.0. The summed E-state index contributed by atoms with van der Waals surface area (Å²) in [5.41, 5.74) is 0.824. The number of likely N-dealkylation sites (tertiary alicyclic amines) is 1. The number of nitrogens with one attached hydrogen (secondary N) is 2. The first-order valence-corrected chi connectivity index (χ1v) is 7.24. The van der Waals surface area contributed by atoms with Gasteiger partial charge in [0, 0.05) is 25.3 Å². The largest absolute Gasteiger partial charge is 0.365 e. The quantitative estimate of drug-likeness (QED) is 0.845. The number of carbonyl (C=O) groups is 1. The fraction of sp³-hybridized carbons (Fsp3) is 0.400. The van der Waals surface area contributed by atoms with Gasteiger partial charge in [0.15, 0.2) is 0 Å². The second-order valence-electron chi connectivity index (χ2n) is 5.23. The summed E-state index contributed by atoms with van der Waals surface area (Å²) in [7, 11) is 0. The normalized spacial score (nSPS) is 19.3. The van der Waals surface area contributed by atoms with Crippen LogP contribution in [0.3, 0.4) is 0 Å². The third kappa shape index (κ3) is 2.89. The Balaban J connectivity index is 1.72. The van der Waals surface area contributed by atoms with Gasteiger partial charge in [-0.25, -0.2) is 9.97 Å². The van der Waals surface area contributed by atoms with Gasteiger partial charge in [-0.05, 0) is 31.9 Å². The fourth-order valence-corrected chi connectivity index (χ4v) is 2.72. The number of carbonyl (C=O) groups excluding carboxylic acids is 1. The Hall–Kier alpha value is -2.37. The maximum absolute atomic E-state index is 11.9. The predicted molar refractivity (Wildman–Crippen MR) is 81.9 cm³/mol. The number of amides is 1. The minimum atomic E-state index is 0.0819. The molecule has 0 saturated carbocycles. The summed E-state index contributed by atoms with van der Waals surface area (Å²) in [6.45, 7) is 3.39. The number of rotatable bonds is 3. The average molecular weight is 285 g/mol. The first-order valence-electron chi connectivity index (χ1n) is 7.24. The van der Waals surface area contributed by atoms with E-state index in [-0.39, 0.29) is 11.9 Å². The highest BCUT2D eigenvalue weighted by atomic mass is 16.2. The second-order valence-corrected chi connectivity index (χ2v) is 5.23. The number of allylic oxidation sites excluding steroid dienone is 1. The molecule has 6 nitrogen and oxygen atoms in total. The zero-order valence-corrected chi connectivity index (χ0v) is 12.0. The van der Waals surface area contributed by atoms with Crippen LogP contribution in [0.2, 0.25) is 0 Å². The van der Waals surface area contributed by atoms with Crippen LogP contribution in [0.15, 0.2) is 30.7 Å². The van der Waals surface area contributed by atoms with Crippen LogP contribution in [-0.4, -0.2) is 44.9 Å². The first-order chi connectivity index (χ1) is 10.3. The third-order valence-electron chi connectivity index (χ3n) is 3.74. The van der Waals surface area contributed by atoms with Gasteiger partial charge < -0.3 is 15.2 Å². The van der Waals surface area contributed by atoms with E-state index in [4.69, 9.17) is 0 Å². The number of nitrogens with zero attached hydrogens (tertiary/aromatic N) is 3. The van der Waals surface area contributed by atoms with Crippen molar-refractivity contribution < 1.29 is 4.79 Å². The molecule has 0 unspecified atom stereocenters. The van der Waals surface area contributed by atoms with E-state index < -0.39 is 0 Å². The molecule has 1 aliphatic heterocycles. The molecular weight excluding hydrogens is 266 g/mol. The van der Waals surface area contributed by atoms with Crippen molar-refractivity contribution in [3.63, 3.8) is 0 Å². The van der Waals surface area contributed by atoms with Gasteiger partial charge in [0.1, 0.15) is 17.8 Å². The van der Waals surface area contributed by atoms with Crippen LogP contribution in [0.5, 0.6) is 0 Å². The van der Waals surface area contributed by atoms with Crippen LogP contribution < -0.4 is 5.32 Å². The highest BCUT2D eigenvalue weighted by molar-refractivity contribution is 5.88. The van der Waals surface area contributed by atoms with Crippen molar-refractivity contribution in [2.75, 3.05) is 18.4 Å². The third-order valence-corrected chi connectivity index (χ3v) is 3.74. The Bertz CT molecular complexity index is 663. The molecule has 2 aromatic heterocycles. The summed E-state index contributed by atoms with van der Waals surface area (Å²) >= 11 is 0. The summed E-state index contributed by atoms with van der Waals surface area (Å²) in [6, 6.07) is 2.18. The van der Waals surface area contributed by atoms with E-state index in [1.54, 1.807) is 18.5 Å². The molecule has 21 heavy (non-hydrogen) atoms. The van der Waals surface area contributed by atoms with Gasteiger partial charge in [-0.1, -0.05) is 6.08 Å². The van der Waals surface area contributed by atoms with Gasteiger partial charge in [0.05, 0.1) is 5.39 Å². The Kier molecular flexibility index (Phi) is 3.85.